The molecule has 5 heteroatoms. The predicted octanol–water partition coefficient (Wildman–Crippen LogP) is -0.129. The maximum atomic E-state index is 11.3. The van der Waals surface area contributed by atoms with Crippen LogP contribution in [0.1, 0.15) is 13.3 Å². The van der Waals surface area contributed by atoms with Crippen LogP contribution < -0.4 is 0 Å². The molecule has 0 aliphatic heterocycles. The second-order valence-electron chi connectivity index (χ2n) is 3.30. The molecule has 0 bridgehead atoms. The van der Waals surface area contributed by atoms with Crippen LogP contribution in [0.5, 0.6) is 0 Å². The largest absolute Gasteiger partial charge is 0.481 e. The molecule has 0 unspecified atom stereocenters. The number of aliphatic carboxylic acids is 1. The van der Waals surface area contributed by atoms with Gasteiger partial charge in [0, 0.05) is 20.6 Å². The normalized spacial score (nSPS) is 10.3. The van der Waals surface area contributed by atoms with Crippen molar-refractivity contribution in [3.8, 4) is 0 Å². The molecule has 0 heterocycles. The molecule has 0 aromatic rings. The number of carbonyl (C=O) groups is 2. The minimum Gasteiger partial charge on any atom is -0.481 e. The van der Waals surface area contributed by atoms with Crippen molar-refractivity contribution in [2.45, 2.75) is 13.3 Å². The Kier molecular flexibility index (Phi) is 5.87. The third kappa shape index (κ3) is 5.53. The Bertz CT molecular complexity index is 204. The molecular weight excluding hydrogens is 184 g/mol. The van der Waals surface area contributed by atoms with E-state index in [0.717, 1.165) is 0 Å². The van der Waals surface area contributed by atoms with Crippen LogP contribution in [-0.2, 0) is 9.59 Å². The second kappa shape index (κ2) is 6.37. The molecule has 0 aromatic heterocycles. The summed E-state index contributed by atoms with van der Waals surface area (Å²) in [5.74, 6) is -0.835. The van der Waals surface area contributed by atoms with E-state index in [1.54, 1.807) is 14.1 Å². The molecule has 0 rings (SSSR count). The number of hydrogen-bond donors (Lipinski definition) is 1. The highest BCUT2D eigenvalue weighted by atomic mass is 16.4. The first-order valence-electron chi connectivity index (χ1n) is 4.61. The number of hydrogen-bond acceptors (Lipinski definition) is 3. The van der Waals surface area contributed by atoms with Crippen LogP contribution in [0.3, 0.4) is 0 Å². The van der Waals surface area contributed by atoms with Crippen molar-refractivity contribution in [2.24, 2.45) is 0 Å². The summed E-state index contributed by atoms with van der Waals surface area (Å²) < 4.78 is 0. The minimum atomic E-state index is -0.833. The van der Waals surface area contributed by atoms with Gasteiger partial charge in [-0.05, 0) is 6.54 Å². The number of rotatable bonds is 6. The quantitative estimate of drug-likeness (QED) is 0.652. The van der Waals surface area contributed by atoms with Gasteiger partial charge in [-0.25, -0.2) is 0 Å². The third-order valence-electron chi connectivity index (χ3n) is 1.95. The second-order valence-corrected chi connectivity index (χ2v) is 3.30. The van der Waals surface area contributed by atoms with Crippen LogP contribution in [0, 0.1) is 0 Å². The first-order valence-corrected chi connectivity index (χ1v) is 4.61. The summed E-state index contributed by atoms with van der Waals surface area (Å²) in [6.45, 7) is 3.31. The predicted molar refractivity (Wildman–Crippen MR) is 53.1 cm³/mol. The lowest BCUT2D eigenvalue weighted by atomic mass is 10.3. The first kappa shape index (κ1) is 12.9. The van der Waals surface area contributed by atoms with Crippen LogP contribution in [0.2, 0.25) is 0 Å². The fourth-order valence-corrected chi connectivity index (χ4v) is 0.935. The Labute approximate surface area is 84.3 Å². The van der Waals surface area contributed by atoms with Crippen molar-refractivity contribution < 1.29 is 14.7 Å². The summed E-state index contributed by atoms with van der Waals surface area (Å²) in [6, 6.07) is 0. The molecule has 0 aliphatic carbocycles. The van der Waals surface area contributed by atoms with Gasteiger partial charge in [-0.3, -0.25) is 14.5 Å². The highest BCUT2D eigenvalue weighted by Gasteiger charge is 2.11. The smallest absolute Gasteiger partial charge is 0.304 e. The van der Waals surface area contributed by atoms with Gasteiger partial charge in [0.15, 0.2) is 0 Å². The Balaban J connectivity index is 3.90. The van der Waals surface area contributed by atoms with Crippen molar-refractivity contribution in [1.29, 1.82) is 0 Å². The number of nitrogens with zero attached hydrogens (tertiary/aromatic N) is 2. The molecule has 0 spiro atoms. The number of carboxylic acids is 1. The molecular formula is C9H18N2O3. The van der Waals surface area contributed by atoms with E-state index >= 15 is 0 Å². The van der Waals surface area contributed by atoms with E-state index in [4.69, 9.17) is 5.11 Å². The van der Waals surface area contributed by atoms with E-state index in [0.29, 0.717) is 13.1 Å². The SMILES string of the molecule is CCN(CCC(=O)O)CC(=O)N(C)C. The molecule has 82 valence electrons. The van der Waals surface area contributed by atoms with Gasteiger partial charge >= 0.3 is 5.97 Å². The van der Waals surface area contributed by atoms with Gasteiger partial charge in [0.1, 0.15) is 0 Å². The van der Waals surface area contributed by atoms with Gasteiger partial charge in [-0.2, -0.15) is 0 Å². The van der Waals surface area contributed by atoms with E-state index in [9.17, 15) is 9.59 Å². The lowest BCUT2D eigenvalue weighted by Gasteiger charge is -2.20. The van der Waals surface area contributed by atoms with Crippen LogP contribution in [0.15, 0.2) is 0 Å². The number of amides is 1. The molecule has 14 heavy (non-hydrogen) atoms. The van der Waals surface area contributed by atoms with Gasteiger partial charge in [0.05, 0.1) is 13.0 Å². The summed E-state index contributed by atoms with van der Waals surface area (Å²) in [5, 5.41) is 8.48. The first-order chi connectivity index (χ1) is 6.47. The molecule has 0 radical (unpaired) electrons. The van der Waals surface area contributed by atoms with E-state index < -0.39 is 5.97 Å². The Morgan fingerprint density at radius 2 is 1.86 bits per heavy atom. The highest BCUT2D eigenvalue weighted by molar-refractivity contribution is 5.77. The monoisotopic (exact) mass is 202 g/mol. The van der Waals surface area contributed by atoms with Crippen molar-refractivity contribution >= 4 is 11.9 Å². The zero-order valence-electron chi connectivity index (χ0n) is 8.99. The van der Waals surface area contributed by atoms with Crippen molar-refractivity contribution in [1.82, 2.24) is 9.80 Å². The average Bonchev–Trinajstić information content (AvgIpc) is 2.11. The fraction of sp³-hybridized carbons (Fsp3) is 0.778. The van der Waals surface area contributed by atoms with Gasteiger partial charge < -0.3 is 10.0 Å². The molecule has 1 amide bonds. The minimum absolute atomic E-state index is 0.00256. The summed E-state index contributed by atoms with van der Waals surface area (Å²) in [7, 11) is 3.38. The van der Waals surface area contributed by atoms with Gasteiger partial charge in [0.2, 0.25) is 5.91 Å². The summed E-state index contributed by atoms with van der Waals surface area (Å²) in [4.78, 5) is 24.9. The molecule has 5 nitrogen and oxygen atoms in total. The average molecular weight is 202 g/mol. The highest BCUT2D eigenvalue weighted by Crippen LogP contribution is 1.93. The van der Waals surface area contributed by atoms with Crippen molar-refractivity contribution in [3.05, 3.63) is 0 Å². The summed E-state index contributed by atoms with van der Waals surface area (Å²) in [5.41, 5.74) is 0. The summed E-state index contributed by atoms with van der Waals surface area (Å²) >= 11 is 0. The molecule has 1 N–H and O–H groups in total. The van der Waals surface area contributed by atoms with Crippen molar-refractivity contribution in [3.63, 3.8) is 0 Å². The lowest BCUT2D eigenvalue weighted by Crippen LogP contribution is -2.37. The zero-order valence-corrected chi connectivity index (χ0v) is 8.99. The van der Waals surface area contributed by atoms with Gasteiger partial charge in [-0.15, -0.1) is 0 Å². The maximum Gasteiger partial charge on any atom is 0.304 e. The zero-order chi connectivity index (χ0) is 11.1. The number of carbonyl (C=O) groups excluding carboxylic acids is 1. The van der Waals surface area contributed by atoms with Crippen LogP contribution in [0.4, 0.5) is 0 Å². The number of carboxylic acid groups (broad SMARTS) is 1. The van der Waals surface area contributed by atoms with Crippen molar-refractivity contribution in [2.75, 3.05) is 33.7 Å². The molecule has 0 saturated carbocycles. The Morgan fingerprint density at radius 1 is 1.29 bits per heavy atom. The Hall–Kier alpha value is -1.10. The van der Waals surface area contributed by atoms with E-state index in [2.05, 4.69) is 0 Å². The standard InChI is InChI=1S/C9H18N2O3/c1-4-11(6-5-9(13)14)7-8(12)10(2)3/h4-7H2,1-3H3,(H,13,14). The van der Waals surface area contributed by atoms with E-state index in [1.807, 2.05) is 11.8 Å². The fourth-order valence-electron chi connectivity index (χ4n) is 0.935. The van der Waals surface area contributed by atoms with E-state index in [-0.39, 0.29) is 18.9 Å². The molecule has 0 aromatic carbocycles. The van der Waals surface area contributed by atoms with Crippen LogP contribution >= 0.6 is 0 Å². The van der Waals surface area contributed by atoms with Crippen LogP contribution in [-0.4, -0.2) is 60.5 Å². The molecule has 0 aliphatic rings. The van der Waals surface area contributed by atoms with Crippen LogP contribution in [0.25, 0.3) is 0 Å². The molecule has 0 atom stereocenters. The third-order valence-corrected chi connectivity index (χ3v) is 1.95. The Morgan fingerprint density at radius 3 is 2.21 bits per heavy atom. The topological polar surface area (TPSA) is 60.9 Å². The maximum absolute atomic E-state index is 11.3. The van der Waals surface area contributed by atoms with Gasteiger partial charge in [0.25, 0.3) is 0 Å². The number of likely N-dealkylation sites (N-methyl/N-ethyl adjacent to an activating group) is 2. The molecule has 0 fully saturated rings. The van der Waals surface area contributed by atoms with E-state index in [1.165, 1.54) is 4.90 Å². The lowest BCUT2D eigenvalue weighted by molar-refractivity contribution is -0.138. The van der Waals surface area contributed by atoms with Gasteiger partial charge in [-0.1, -0.05) is 6.92 Å². The summed E-state index contributed by atoms with van der Waals surface area (Å²) in [6.07, 6.45) is 0.0779. The molecule has 0 saturated heterocycles.